The Morgan fingerprint density at radius 1 is 0.574 bits per heavy atom. The number of pyridine rings is 4. The molecule has 0 radical (unpaired) electrons. The number of aromatic nitrogens is 4. The summed E-state index contributed by atoms with van der Waals surface area (Å²) in [5, 5.41) is 4.41. The summed E-state index contributed by atoms with van der Waals surface area (Å²) in [4.78, 5) is 9.12. The summed E-state index contributed by atoms with van der Waals surface area (Å²) < 4.78 is 17.4. The first-order valence-electron chi connectivity index (χ1n) is 16.2. The Morgan fingerprint density at radius 3 is 1.87 bits per heavy atom. The Morgan fingerprint density at radius 2 is 1.17 bits per heavy atom. The van der Waals surface area contributed by atoms with E-state index in [-0.39, 0.29) is 0 Å². The van der Waals surface area contributed by atoms with Gasteiger partial charge in [-0.1, -0.05) is 12.1 Å². The third-order valence-corrected chi connectivity index (χ3v) is 9.76. The van der Waals surface area contributed by atoms with E-state index in [0.717, 1.165) is 68.1 Å². The zero-order valence-corrected chi connectivity index (χ0v) is 28.0. The number of rotatable bonds is 5. The van der Waals surface area contributed by atoms with Crippen LogP contribution in [0.15, 0.2) is 88.2 Å². The maximum atomic E-state index is 6.54. The lowest BCUT2D eigenvalue weighted by Gasteiger charge is -2.13. The molecular formula is C41H38N4O2+2. The molecule has 0 aliphatic heterocycles. The Labute approximate surface area is 274 Å². The van der Waals surface area contributed by atoms with Crippen molar-refractivity contribution in [3.05, 3.63) is 118 Å². The van der Waals surface area contributed by atoms with Crippen LogP contribution >= 0.6 is 0 Å². The predicted molar refractivity (Wildman–Crippen MR) is 187 cm³/mol. The molecule has 0 atom stereocenters. The monoisotopic (exact) mass is 618 g/mol. The van der Waals surface area contributed by atoms with Crippen molar-refractivity contribution < 1.29 is 18.0 Å². The predicted octanol–water partition coefficient (Wildman–Crippen LogP) is 8.59. The first kappa shape index (κ1) is 29.1. The summed E-state index contributed by atoms with van der Waals surface area (Å²) in [6, 6.07) is 19.5. The molecule has 47 heavy (non-hydrogen) atoms. The van der Waals surface area contributed by atoms with E-state index in [2.05, 4.69) is 123 Å². The summed E-state index contributed by atoms with van der Waals surface area (Å²) in [6.45, 7) is 10.9. The molecular weight excluding hydrogens is 580 g/mol. The van der Waals surface area contributed by atoms with Gasteiger partial charge in [-0.05, 0) is 106 Å². The van der Waals surface area contributed by atoms with Crippen molar-refractivity contribution in [1.82, 2.24) is 9.97 Å². The molecule has 8 rings (SSSR count). The summed E-state index contributed by atoms with van der Waals surface area (Å²) in [5.41, 5.74) is 16.3. The Hall–Kier alpha value is -5.36. The fourth-order valence-electron chi connectivity index (χ4n) is 7.58. The Kier molecular flexibility index (Phi) is 6.72. The largest absolute Gasteiger partial charge is 0.437 e. The molecule has 0 unspecified atom stereocenters. The highest BCUT2D eigenvalue weighted by molar-refractivity contribution is 6.11. The van der Waals surface area contributed by atoms with E-state index in [1.807, 2.05) is 12.1 Å². The SMILES string of the molecule is Cc1ccc(-c2c(C)cc(CCc3c[n+](C)c(-c4c(C)cc(C)c5c4oc4ncccc45)cc3C)c3c2oc2ncccc23)[n+](C)c1. The average molecular weight is 619 g/mol. The summed E-state index contributed by atoms with van der Waals surface area (Å²) >= 11 is 0. The van der Waals surface area contributed by atoms with Gasteiger partial charge in [0, 0.05) is 57.2 Å². The van der Waals surface area contributed by atoms with Crippen LogP contribution in [0.4, 0.5) is 0 Å². The molecule has 6 heterocycles. The minimum atomic E-state index is 0.679. The standard InChI is InChI=1S/C41H38N4O2/c1-23-12-15-32(44(6)21-23)35-27(5)19-28(37-31-11-9-17-43-41(31)47-39(35)37)13-14-29-22-45(7)33(20-24(29)2)36-26(4)18-25(3)34-30-10-8-16-42-40(30)46-38(34)36/h8-12,15-22H,13-14H2,1-7H3/q+2. The van der Waals surface area contributed by atoms with E-state index in [9.17, 15) is 0 Å². The second-order valence-electron chi connectivity index (χ2n) is 13.1. The number of furan rings is 2. The number of fused-ring (bicyclic) bond motifs is 6. The third-order valence-electron chi connectivity index (χ3n) is 9.76. The summed E-state index contributed by atoms with van der Waals surface area (Å²) in [5.74, 6) is 0. The number of hydrogen-bond donors (Lipinski definition) is 0. The molecule has 0 N–H and O–H groups in total. The van der Waals surface area contributed by atoms with Crippen LogP contribution in [0.5, 0.6) is 0 Å². The molecule has 6 nitrogen and oxygen atoms in total. The normalized spacial score (nSPS) is 11.9. The van der Waals surface area contributed by atoms with Crippen molar-refractivity contribution in [1.29, 1.82) is 0 Å². The number of aryl methyl sites for hydroxylation is 9. The number of benzene rings is 2. The molecule has 6 heteroatoms. The van der Waals surface area contributed by atoms with Gasteiger partial charge in [-0.15, -0.1) is 0 Å². The second-order valence-corrected chi connectivity index (χ2v) is 13.1. The summed E-state index contributed by atoms with van der Waals surface area (Å²) in [6.07, 6.45) is 9.83. The molecule has 2 aromatic carbocycles. The van der Waals surface area contributed by atoms with E-state index in [0.29, 0.717) is 11.4 Å². The van der Waals surface area contributed by atoms with Gasteiger partial charge in [0.05, 0.1) is 11.1 Å². The molecule has 6 aromatic heterocycles. The molecule has 0 saturated heterocycles. The Balaban J connectivity index is 1.22. The third kappa shape index (κ3) is 4.62. The van der Waals surface area contributed by atoms with E-state index in [1.54, 1.807) is 12.4 Å². The quantitative estimate of drug-likeness (QED) is 0.181. The minimum Gasteiger partial charge on any atom is -0.437 e. The van der Waals surface area contributed by atoms with Gasteiger partial charge in [0.2, 0.25) is 22.8 Å². The Bertz CT molecular complexity index is 2550. The van der Waals surface area contributed by atoms with Crippen molar-refractivity contribution in [2.45, 2.75) is 47.5 Å². The first-order chi connectivity index (χ1) is 22.7. The zero-order valence-electron chi connectivity index (χ0n) is 28.0. The van der Waals surface area contributed by atoms with Crippen LogP contribution in [0.25, 0.3) is 66.7 Å². The topological polar surface area (TPSA) is 59.8 Å². The fraction of sp³-hybridized carbons (Fsp3) is 0.220. The van der Waals surface area contributed by atoms with Crippen LogP contribution in [0.3, 0.4) is 0 Å². The highest BCUT2D eigenvalue weighted by Gasteiger charge is 2.26. The van der Waals surface area contributed by atoms with E-state index in [4.69, 9.17) is 8.83 Å². The molecule has 0 aliphatic rings. The van der Waals surface area contributed by atoms with Crippen molar-refractivity contribution in [3.63, 3.8) is 0 Å². The van der Waals surface area contributed by atoms with Gasteiger partial charge in [0.25, 0.3) is 0 Å². The zero-order chi connectivity index (χ0) is 32.6. The lowest BCUT2D eigenvalue weighted by Crippen LogP contribution is -2.32. The maximum absolute atomic E-state index is 6.54. The smallest absolute Gasteiger partial charge is 0.227 e. The molecule has 0 aliphatic carbocycles. The van der Waals surface area contributed by atoms with Gasteiger partial charge in [-0.25, -0.2) is 19.1 Å². The van der Waals surface area contributed by atoms with Crippen LogP contribution in [0.1, 0.15) is 38.9 Å². The fourth-order valence-corrected chi connectivity index (χ4v) is 7.58. The van der Waals surface area contributed by atoms with E-state index < -0.39 is 0 Å². The molecule has 0 spiro atoms. The van der Waals surface area contributed by atoms with Crippen molar-refractivity contribution in [2.75, 3.05) is 0 Å². The maximum Gasteiger partial charge on any atom is 0.227 e. The molecule has 0 saturated carbocycles. The first-order valence-corrected chi connectivity index (χ1v) is 16.2. The second kappa shape index (κ2) is 10.9. The van der Waals surface area contributed by atoms with Crippen LogP contribution in [-0.2, 0) is 26.9 Å². The van der Waals surface area contributed by atoms with Gasteiger partial charge in [0.15, 0.2) is 23.6 Å². The van der Waals surface area contributed by atoms with Gasteiger partial charge in [-0.3, -0.25) is 0 Å². The molecule has 0 amide bonds. The van der Waals surface area contributed by atoms with Crippen molar-refractivity contribution in [3.8, 4) is 22.5 Å². The van der Waals surface area contributed by atoms with Crippen LogP contribution in [0, 0.1) is 34.6 Å². The van der Waals surface area contributed by atoms with Gasteiger partial charge < -0.3 is 8.83 Å². The number of hydrogen-bond acceptors (Lipinski definition) is 4. The molecule has 0 bridgehead atoms. The minimum absolute atomic E-state index is 0.679. The average Bonchev–Trinajstić information content (AvgIpc) is 3.62. The highest BCUT2D eigenvalue weighted by Crippen LogP contribution is 2.40. The molecule has 232 valence electrons. The van der Waals surface area contributed by atoms with Crippen molar-refractivity contribution >= 4 is 44.1 Å². The van der Waals surface area contributed by atoms with Crippen molar-refractivity contribution in [2.24, 2.45) is 14.1 Å². The lowest BCUT2D eigenvalue weighted by atomic mass is 9.92. The molecule has 8 aromatic rings. The van der Waals surface area contributed by atoms with Crippen LogP contribution < -0.4 is 9.13 Å². The molecule has 0 fully saturated rings. The lowest BCUT2D eigenvalue weighted by molar-refractivity contribution is -0.660. The number of nitrogens with zero attached hydrogens (tertiary/aromatic N) is 4. The van der Waals surface area contributed by atoms with Gasteiger partial charge >= 0.3 is 0 Å². The van der Waals surface area contributed by atoms with E-state index >= 15 is 0 Å². The van der Waals surface area contributed by atoms with Crippen LogP contribution in [-0.4, -0.2) is 9.97 Å². The highest BCUT2D eigenvalue weighted by atomic mass is 16.3. The van der Waals surface area contributed by atoms with Gasteiger partial charge in [0.1, 0.15) is 14.1 Å². The van der Waals surface area contributed by atoms with Gasteiger partial charge in [-0.2, -0.15) is 0 Å². The van der Waals surface area contributed by atoms with E-state index in [1.165, 1.54) is 38.9 Å². The summed E-state index contributed by atoms with van der Waals surface area (Å²) in [7, 11) is 4.24. The van der Waals surface area contributed by atoms with Crippen LogP contribution in [0.2, 0.25) is 0 Å².